The van der Waals surface area contributed by atoms with Gasteiger partial charge in [-0.25, -0.2) is 4.79 Å². The predicted molar refractivity (Wildman–Crippen MR) is 52.5 cm³/mol. The molecule has 5 nitrogen and oxygen atoms in total. The number of carbonyl (C=O) groups is 2. The lowest BCUT2D eigenvalue weighted by Crippen LogP contribution is -2.51. The molecular formula is C9H17N3O2. The summed E-state index contributed by atoms with van der Waals surface area (Å²) >= 11 is 0. The van der Waals surface area contributed by atoms with Crippen LogP contribution in [0.4, 0.5) is 4.79 Å². The molecule has 0 aliphatic heterocycles. The molecule has 0 spiro atoms. The maximum Gasteiger partial charge on any atom is 0.312 e. The molecule has 1 rings (SSSR count). The van der Waals surface area contributed by atoms with Crippen LogP contribution in [0, 0.1) is 5.92 Å². The summed E-state index contributed by atoms with van der Waals surface area (Å²) in [6.07, 6.45) is 2.07. The minimum Gasteiger partial charge on any atom is -0.352 e. The van der Waals surface area contributed by atoms with E-state index in [1.165, 1.54) is 0 Å². The summed E-state index contributed by atoms with van der Waals surface area (Å²) in [6.45, 7) is 3.74. The SMILES string of the molecule is CC(C)C(NC(N)=O)C(=O)NC1CC1. The molecule has 0 saturated heterocycles. The monoisotopic (exact) mass is 199 g/mol. The second-order valence-electron chi connectivity index (χ2n) is 4.01. The molecule has 1 atom stereocenters. The Morgan fingerprint density at radius 1 is 1.36 bits per heavy atom. The molecule has 0 aromatic heterocycles. The fourth-order valence-corrected chi connectivity index (χ4v) is 1.21. The Morgan fingerprint density at radius 3 is 2.29 bits per heavy atom. The fourth-order valence-electron chi connectivity index (χ4n) is 1.21. The number of nitrogens with two attached hydrogens (primary N) is 1. The standard InChI is InChI=1S/C9H17N3O2/c1-5(2)7(12-9(10)14)8(13)11-6-3-4-6/h5-7H,3-4H2,1-2H3,(H,11,13)(H3,10,12,14). The van der Waals surface area contributed by atoms with Gasteiger partial charge in [-0.2, -0.15) is 0 Å². The molecule has 1 fully saturated rings. The van der Waals surface area contributed by atoms with Gasteiger partial charge in [0.1, 0.15) is 6.04 Å². The van der Waals surface area contributed by atoms with Crippen molar-refractivity contribution in [2.24, 2.45) is 11.7 Å². The number of carbonyl (C=O) groups excluding carboxylic acids is 2. The van der Waals surface area contributed by atoms with Gasteiger partial charge in [-0.05, 0) is 18.8 Å². The summed E-state index contributed by atoms with van der Waals surface area (Å²) < 4.78 is 0. The molecule has 1 aliphatic rings. The molecule has 0 aromatic rings. The third-order valence-corrected chi connectivity index (χ3v) is 2.17. The first-order valence-electron chi connectivity index (χ1n) is 4.87. The van der Waals surface area contributed by atoms with Gasteiger partial charge in [0.15, 0.2) is 0 Å². The van der Waals surface area contributed by atoms with Gasteiger partial charge in [-0.1, -0.05) is 13.8 Å². The van der Waals surface area contributed by atoms with Crippen LogP contribution in [0.2, 0.25) is 0 Å². The third kappa shape index (κ3) is 3.24. The maximum absolute atomic E-state index is 11.6. The number of hydrogen-bond donors (Lipinski definition) is 3. The molecule has 1 unspecified atom stereocenters. The number of nitrogens with one attached hydrogen (secondary N) is 2. The van der Waals surface area contributed by atoms with E-state index in [2.05, 4.69) is 10.6 Å². The van der Waals surface area contributed by atoms with Gasteiger partial charge in [-0.3, -0.25) is 4.79 Å². The normalized spacial score (nSPS) is 17.6. The molecule has 0 radical (unpaired) electrons. The average molecular weight is 199 g/mol. The Labute approximate surface area is 83.4 Å². The van der Waals surface area contributed by atoms with Gasteiger partial charge < -0.3 is 16.4 Å². The van der Waals surface area contributed by atoms with Crippen molar-refractivity contribution < 1.29 is 9.59 Å². The van der Waals surface area contributed by atoms with Crippen LogP contribution in [0.5, 0.6) is 0 Å². The Hall–Kier alpha value is -1.26. The highest BCUT2D eigenvalue weighted by Crippen LogP contribution is 2.19. The number of primary amides is 1. The highest BCUT2D eigenvalue weighted by atomic mass is 16.2. The summed E-state index contributed by atoms with van der Waals surface area (Å²) in [5.41, 5.74) is 4.99. The van der Waals surface area contributed by atoms with Crippen molar-refractivity contribution in [1.29, 1.82) is 0 Å². The van der Waals surface area contributed by atoms with E-state index in [1.807, 2.05) is 13.8 Å². The molecule has 4 N–H and O–H groups in total. The van der Waals surface area contributed by atoms with Crippen molar-refractivity contribution in [2.45, 2.75) is 38.8 Å². The Morgan fingerprint density at radius 2 is 1.93 bits per heavy atom. The van der Waals surface area contributed by atoms with Crippen LogP contribution in [-0.4, -0.2) is 24.0 Å². The lowest BCUT2D eigenvalue weighted by Gasteiger charge is -2.20. The Balaban J connectivity index is 2.46. The van der Waals surface area contributed by atoms with Crippen molar-refractivity contribution in [3.63, 3.8) is 0 Å². The third-order valence-electron chi connectivity index (χ3n) is 2.17. The van der Waals surface area contributed by atoms with E-state index in [0.29, 0.717) is 6.04 Å². The quantitative estimate of drug-likeness (QED) is 0.593. The molecule has 0 bridgehead atoms. The van der Waals surface area contributed by atoms with Crippen LogP contribution >= 0.6 is 0 Å². The first kappa shape index (κ1) is 10.8. The van der Waals surface area contributed by atoms with Crippen molar-refractivity contribution in [3.05, 3.63) is 0 Å². The highest BCUT2D eigenvalue weighted by Gasteiger charge is 2.29. The second-order valence-corrected chi connectivity index (χ2v) is 4.01. The highest BCUT2D eigenvalue weighted by molar-refractivity contribution is 5.87. The topological polar surface area (TPSA) is 84.2 Å². The van der Waals surface area contributed by atoms with E-state index in [4.69, 9.17) is 5.73 Å². The molecule has 3 amide bonds. The Kier molecular flexibility index (Phi) is 3.33. The van der Waals surface area contributed by atoms with E-state index < -0.39 is 12.1 Å². The first-order chi connectivity index (χ1) is 6.50. The van der Waals surface area contributed by atoms with Crippen LogP contribution < -0.4 is 16.4 Å². The molecule has 0 aromatic carbocycles. The van der Waals surface area contributed by atoms with Crippen LogP contribution in [0.15, 0.2) is 0 Å². The van der Waals surface area contributed by atoms with E-state index in [-0.39, 0.29) is 11.8 Å². The zero-order valence-corrected chi connectivity index (χ0v) is 8.54. The lowest BCUT2D eigenvalue weighted by molar-refractivity contribution is -0.124. The minimum atomic E-state index is -0.658. The molecule has 1 saturated carbocycles. The average Bonchev–Trinajstić information content (AvgIpc) is 2.82. The van der Waals surface area contributed by atoms with Gasteiger partial charge in [0.05, 0.1) is 0 Å². The summed E-state index contributed by atoms with van der Waals surface area (Å²) in [5, 5.41) is 5.27. The van der Waals surface area contributed by atoms with Crippen molar-refractivity contribution in [2.75, 3.05) is 0 Å². The van der Waals surface area contributed by atoms with E-state index in [0.717, 1.165) is 12.8 Å². The summed E-state index contributed by atoms with van der Waals surface area (Å²) in [4.78, 5) is 22.2. The summed E-state index contributed by atoms with van der Waals surface area (Å²) in [7, 11) is 0. The summed E-state index contributed by atoms with van der Waals surface area (Å²) in [6, 6.07) is -0.874. The second kappa shape index (κ2) is 4.30. The van der Waals surface area contributed by atoms with Crippen molar-refractivity contribution >= 4 is 11.9 Å². The molecule has 80 valence electrons. The molecular weight excluding hydrogens is 182 g/mol. The zero-order valence-electron chi connectivity index (χ0n) is 8.54. The van der Waals surface area contributed by atoms with E-state index in [9.17, 15) is 9.59 Å². The predicted octanol–water partition coefficient (Wildman–Crippen LogP) is -0.0421. The fraction of sp³-hybridized carbons (Fsp3) is 0.778. The zero-order chi connectivity index (χ0) is 10.7. The van der Waals surface area contributed by atoms with Crippen LogP contribution in [-0.2, 0) is 4.79 Å². The molecule has 1 aliphatic carbocycles. The number of urea groups is 1. The number of hydrogen-bond acceptors (Lipinski definition) is 2. The smallest absolute Gasteiger partial charge is 0.312 e. The van der Waals surface area contributed by atoms with Crippen molar-refractivity contribution in [3.8, 4) is 0 Å². The largest absolute Gasteiger partial charge is 0.352 e. The minimum absolute atomic E-state index is 0.0428. The number of amides is 3. The van der Waals surface area contributed by atoms with Crippen LogP contribution in [0.25, 0.3) is 0 Å². The van der Waals surface area contributed by atoms with Gasteiger partial charge in [0, 0.05) is 6.04 Å². The molecule has 0 heterocycles. The maximum atomic E-state index is 11.6. The first-order valence-corrected chi connectivity index (χ1v) is 4.87. The lowest BCUT2D eigenvalue weighted by atomic mass is 10.0. The van der Waals surface area contributed by atoms with Gasteiger partial charge in [0.25, 0.3) is 0 Å². The van der Waals surface area contributed by atoms with E-state index in [1.54, 1.807) is 0 Å². The van der Waals surface area contributed by atoms with Gasteiger partial charge in [0.2, 0.25) is 5.91 Å². The summed E-state index contributed by atoms with van der Waals surface area (Å²) in [5.74, 6) is -0.0949. The van der Waals surface area contributed by atoms with Gasteiger partial charge >= 0.3 is 6.03 Å². The van der Waals surface area contributed by atoms with E-state index >= 15 is 0 Å². The molecule has 14 heavy (non-hydrogen) atoms. The van der Waals surface area contributed by atoms with Crippen molar-refractivity contribution in [1.82, 2.24) is 10.6 Å². The Bertz CT molecular complexity index is 236. The number of rotatable bonds is 4. The van der Waals surface area contributed by atoms with Crippen LogP contribution in [0.1, 0.15) is 26.7 Å². The molecule has 5 heteroatoms. The van der Waals surface area contributed by atoms with Crippen LogP contribution in [0.3, 0.4) is 0 Å². The van der Waals surface area contributed by atoms with Gasteiger partial charge in [-0.15, -0.1) is 0 Å².